The fraction of sp³-hybridized carbons (Fsp3) is 0.373. The summed E-state index contributed by atoms with van der Waals surface area (Å²) in [4.78, 5) is 205. The minimum absolute atomic E-state index is 0.0210. The highest BCUT2D eigenvalue weighted by Gasteiger charge is 2.22. The topological polar surface area (TPSA) is 526 Å². The van der Waals surface area contributed by atoms with Gasteiger partial charge in [0.25, 0.3) is 11.2 Å². The minimum atomic E-state index is -1.29. The molecule has 0 fully saturated rings. The average Bonchev–Trinajstić information content (AvgIpc) is 0.772. The Balaban J connectivity index is 0. The molecule has 0 aliphatic heterocycles. The number of carbonyl (C=O) groups excluding carboxylic acids is 14. The molecule has 620 valence electrons. The maximum atomic E-state index is 13.3. The van der Waals surface area contributed by atoms with E-state index in [-0.39, 0.29) is 101 Å². The number of fused-ring (bicyclic) bond motifs is 2. The van der Waals surface area contributed by atoms with Gasteiger partial charge in [0.2, 0.25) is 0 Å². The summed E-state index contributed by atoms with van der Waals surface area (Å²) in [5.74, 6) is -2.85. The van der Waals surface area contributed by atoms with Gasteiger partial charge in [-0.1, -0.05) is 59.7 Å². The van der Waals surface area contributed by atoms with E-state index in [0.29, 0.717) is 115 Å². The van der Waals surface area contributed by atoms with Crippen molar-refractivity contribution in [1.82, 2.24) is 14.5 Å². The SMILES string of the molecule is Cc1ccc(-n2c(CCCCC(=O)OC(C)(C)C)nc3cc(C)ccc3c2=O)cc1.Cc1ccc(C(=O)O)c(CC(=O)CCCCC(=O)OC(C)(C)C)c1.Cc1ccc(C(=O)O)c(N)c1.Cc1ccc(C(=O)O)c([N+](=O)[O-])c1.Cc1ccc2c(=O)oc(CCCCC(=O)OC(C)(C)C)nc2c1.O=C=O.O=C=O.O=C=O.O=C=O.O=C=O. The van der Waals surface area contributed by atoms with Crippen molar-refractivity contribution in [3.8, 4) is 5.69 Å². The molecule has 0 aliphatic rings. The van der Waals surface area contributed by atoms with Gasteiger partial charge in [0.15, 0.2) is 5.89 Å². The summed E-state index contributed by atoms with van der Waals surface area (Å²) < 4.78 is 22.8. The molecule has 0 spiro atoms. The number of ketones is 1. The van der Waals surface area contributed by atoms with Crippen molar-refractivity contribution < 1.29 is 120 Å². The summed E-state index contributed by atoms with van der Waals surface area (Å²) in [6.07, 6.45) is 7.82. The number of nitrogens with two attached hydrogens (primary N) is 1. The molecule has 0 saturated carbocycles. The molecule has 6 aromatic carbocycles. The number of aromatic nitrogens is 3. The molecule has 33 heteroatoms. The molecular weight excluding hydrogens is 1510 g/mol. The fourth-order valence-corrected chi connectivity index (χ4v) is 9.90. The van der Waals surface area contributed by atoms with Crippen LogP contribution in [0, 0.1) is 51.7 Å². The zero-order valence-electron chi connectivity index (χ0n) is 67.1. The maximum absolute atomic E-state index is 13.3. The molecule has 0 amide bonds. The number of carbonyl (C=O) groups is 7. The normalized spacial score (nSPS) is 9.96. The largest absolute Gasteiger partial charge is 0.478 e. The predicted molar refractivity (Wildman–Crippen MR) is 412 cm³/mol. The van der Waals surface area contributed by atoms with Gasteiger partial charge >= 0.3 is 72.2 Å². The van der Waals surface area contributed by atoms with Crippen molar-refractivity contribution in [2.24, 2.45) is 0 Å². The average molecular weight is 1610 g/mol. The number of hydrogen-bond donors (Lipinski definition) is 4. The first-order valence-corrected chi connectivity index (χ1v) is 35.2. The first-order valence-electron chi connectivity index (χ1n) is 35.2. The van der Waals surface area contributed by atoms with Gasteiger partial charge in [0.1, 0.15) is 34.0 Å². The Kier molecular flexibility index (Phi) is 48.5. The number of nitro benzene ring substituents is 1. The molecule has 8 aromatic rings. The van der Waals surface area contributed by atoms with Gasteiger partial charge in [-0.25, -0.2) is 29.1 Å². The molecule has 5 N–H and O–H groups in total. The second-order valence-corrected chi connectivity index (χ2v) is 27.9. The van der Waals surface area contributed by atoms with E-state index in [1.807, 2.05) is 152 Å². The predicted octanol–water partition coefficient (Wildman–Crippen LogP) is 12.3. The number of ether oxygens (including phenoxy) is 3. The lowest BCUT2D eigenvalue weighted by molar-refractivity contribution is -0.385. The Morgan fingerprint density at radius 2 is 0.810 bits per heavy atom. The van der Waals surface area contributed by atoms with Crippen LogP contribution in [0.1, 0.15) is 208 Å². The molecule has 0 radical (unpaired) electrons. The van der Waals surface area contributed by atoms with Crippen molar-refractivity contribution >= 4 is 106 Å². The van der Waals surface area contributed by atoms with Crippen LogP contribution >= 0.6 is 0 Å². The van der Waals surface area contributed by atoms with Crippen molar-refractivity contribution in [2.75, 3.05) is 5.73 Å². The maximum Gasteiger partial charge on any atom is 0.373 e. The standard InChI is InChI=1S/C25H30N2O3.C19H26O5.C18H23NO4.C8H7NO4.C8H9NO2.5CO2/c1-17-10-13-19(14-11-17)27-22(8-6-7-9-23(28)30-25(3,4)5)26-21-16-18(2)12-15-20(21)24(27)29;1-13-9-10-16(18(22)23)14(11-13)12-15(20)7-5-6-8-17(21)24-19(2,3)4;1-12-9-10-13-14(11-12)19-15(22-17(13)21)7-5-6-8-16(20)23-18(2,3)4;1-5-2-3-6(8(10)11)7(4-5)9(12)13;1-5-2-3-6(8(10)11)7(9)4-5;5*2-1-3/h10-16H,6-9H2,1-5H3;9-11H,5-8,12H2,1-4H3,(H,22,23);9-11H,5-8H2,1-4H3;2-4H,1H3,(H,10,11);2-4H,9H2,1H3,(H,10,11);;;;;. The zero-order chi connectivity index (χ0) is 89.2. The van der Waals surface area contributed by atoms with Crippen molar-refractivity contribution in [2.45, 2.75) is 204 Å². The highest BCUT2D eigenvalue weighted by Crippen LogP contribution is 2.23. The lowest BCUT2D eigenvalue weighted by atomic mass is 9.98. The van der Waals surface area contributed by atoms with Gasteiger partial charge in [0, 0.05) is 56.7 Å². The number of nitrogens with zero attached hydrogens (tertiary/aromatic N) is 4. The number of carboxylic acids is 3. The van der Waals surface area contributed by atoms with Crippen LogP contribution in [0.15, 0.2) is 129 Å². The van der Waals surface area contributed by atoms with E-state index < -0.39 is 39.6 Å². The molecule has 0 unspecified atom stereocenters. The number of nitrogen functional groups attached to an aromatic ring is 1. The highest BCUT2D eigenvalue weighted by atomic mass is 16.6. The smallest absolute Gasteiger partial charge is 0.373 e. The van der Waals surface area contributed by atoms with Gasteiger partial charge in [-0.2, -0.15) is 47.9 Å². The van der Waals surface area contributed by atoms with Crippen LogP contribution in [0.3, 0.4) is 0 Å². The van der Waals surface area contributed by atoms with E-state index in [1.54, 1.807) is 41.8 Å². The number of benzene rings is 6. The number of esters is 3. The van der Waals surface area contributed by atoms with E-state index in [2.05, 4.69) is 4.98 Å². The second kappa shape index (κ2) is 54.0. The number of anilines is 1. The number of unbranched alkanes of at least 4 members (excludes halogenated alkanes) is 3. The monoisotopic (exact) mass is 1610 g/mol. The van der Waals surface area contributed by atoms with Crippen LogP contribution in [0.25, 0.3) is 27.5 Å². The number of aromatic carboxylic acids is 3. The Bertz CT molecular complexity index is 4860. The lowest BCUT2D eigenvalue weighted by Gasteiger charge is -2.19. The second-order valence-electron chi connectivity index (χ2n) is 27.9. The number of nitro groups is 1. The van der Waals surface area contributed by atoms with Crippen molar-refractivity contribution in [3.05, 3.63) is 213 Å². The lowest BCUT2D eigenvalue weighted by Crippen LogP contribution is -2.24. The number of aryl methyl sites for hydroxylation is 8. The molecular formula is C83H95N5O28. The van der Waals surface area contributed by atoms with Crippen LogP contribution in [0.5, 0.6) is 0 Å². The molecule has 0 atom stereocenters. The van der Waals surface area contributed by atoms with E-state index in [9.17, 15) is 58.4 Å². The van der Waals surface area contributed by atoms with Crippen LogP contribution in [-0.4, -0.2) is 124 Å². The Labute approximate surface area is 666 Å². The third-order valence-corrected chi connectivity index (χ3v) is 14.5. The quantitative estimate of drug-likeness (QED) is 0.0122. The summed E-state index contributed by atoms with van der Waals surface area (Å²) in [6, 6.07) is 32.9. The zero-order valence-corrected chi connectivity index (χ0v) is 67.1. The van der Waals surface area contributed by atoms with Crippen LogP contribution < -0.4 is 16.9 Å². The summed E-state index contributed by atoms with van der Waals surface area (Å²) in [5, 5.41) is 37.9. The number of Topliss-reactive ketones (excluding diaryl/α,β-unsaturated/α-hetero) is 1. The van der Waals surface area contributed by atoms with Crippen LogP contribution in [0.4, 0.5) is 11.4 Å². The molecule has 2 heterocycles. The molecule has 0 saturated heterocycles. The van der Waals surface area contributed by atoms with Gasteiger partial charge in [-0.15, -0.1) is 0 Å². The number of hydrogen-bond acceptors (Lipinski definition) is 28. The van der Waals surface area contributed by atoms with E-state index >= 15 is 0 Å². The minimum Gasteiger partial charge on any atom is -0.478 e. The van der Waals surface area contributed by atoms with E-state index in [1.165, 1.54) is 30.3 Å². The Morgan fingerprint density at radius 1 is 0.457 bits per heavy atom. The molecule has 2 aromatic heterocycles. The van der Waals surface area contributed by atoms with E-state index in [4.69, 9.17) is 87.5 Å². The molecule has 33 nitrogen and oxygen atoms in total. The summed E-state index contributed by atoms with van der Waals surface area (Å²) in [6.45, 7) is 27.9. The van der Waals surface area contributed by atoms with Gasteiger partial charge in [-0.05, 0) is 231 Å². The van der Waals surface area contributed by atoms with Crippen molar-refractivity contribution in [3.63, 3.8) is 0 Å². The van der Waals surface area contributed by atoms with Gasteiger partial charge < -0.3 is 39.7 Å². The summed E-state index contributed by atoms with van der Waals surface area (Å²) in [5.41, 5.74) is 12.1. The third kappa shape index (κ3) is 44.3. The van der Waals surface area contributed by atoms with Crippen molar-refractivity contribution in [1.29, 1.82) is 0 Å². The first kappa shape index (κ1) is 104. The number of rotatable bonds is 22. The molecule has 8 rings (SSSR count). The summed E-state index contributed by atoms with van der Waals surface area (Å²) >= 11 is 0. The fourth-order valence-electron chi connectivity index (χ4n) is 9.90. The molecule has 116 heavy (non-hydrogen) atoms. The van der Waals surface area contributed by atoms with Crippen LogP contribution in [0.2, 0.25) is 0 Å². The molecule has 0 aliphatic carbocycles. The van der Waals surface area contributed by atoms with Crippen LogP contribution in [-0.2, 0) is 101 Å². The molecule has 0 bridgehead atoms. The Hall–Kier alpha value is -13.8. The highest BCUT2D eigenvalue weighted by molar-refractivity contribution is 5.94. The Morgan fingerprint density at radius 3 is 1.23 bits per heavy atom. The first-order chi connectivity index (χ1) is 54.2. The van der Waals surface area contributed by atoms with Gasteiger partial charge in [-0.3, -0.25) is 38.7 Å². The van der Waals surface area contributed by atoms with E-state index in [0.717, 1.165) is 39.9 Å². The third-order valence-electron chi connectivity index (χ3n) is 14.5. The summed E-state index contributed by atoms with van der Waals surface area (Å²) in [7, 11) is 0. The van der Waals surface area contributed by atoms with Gasteiger partial charge in [0.05, 0.1) is 43.5 Å². The number of carboxylic acid groups (broad SMARTS) is 3.